The number of carbonyl (C=O) groups excluding carboxylic acids is 2. The smallest absolute Gasteiger partial charge is 0.373 e. The van der Waals surface area contributed by atoms with E-state index in [1.807, 2.05) is 0 Å². The van der Waals surface area contributed by atoms with Gasteiger partial charge in [0.05, 0.1) is 12.7 Å². The van der Waals surface area contributed by atoms with Gasteiger partial charge in [-0.3, -0.25) is 4.79 Å². The fourth-order valence-corrected chi connectivity index (χ4v) is 7.61. The molecule has 7 atom stereocenters. The number of aliphatic hydroxyl groups is 2. The van der Waals surface area contributed by atoms with Gasteiger partial charge in [0.15, 0.2) is 5.78 Å². The highest BCUT2D eigenvalue weighted by Gasteiger charge is 2.59. The molecule has 2 N–H and O–H groups in total. The quantitative estimate of drug-likeness (QED) is 0.305. The molecule has 0 aromatic carbocycles. The van der Waals surface area contributed by atoms with E-state index in [1.54, 1.807) is 6.92 Å². The van der Waals surface area contributed by atoms with Crippen LogP contribution in [0.2, 0.25) is 0 Å². The van der Waals surface area contributed by atoms with Gasteiger partial charge in [0.25, 0.3) is 0 Å². The third kappa shape index (κ3) is 3.34. The summed E-state index contributed by atoms with van der Waals surface area (Å²) in [5, 5.41) is 20.1. The maximum absolute atomic E-state index is 13.0. The summed E-state index contributed by atoms with van der Waals surface area (Å²) < 4.78 is 4.80. The molecule has 30 heavy (non-hydrogen) atoms. The van der Waals surface area contributed by atoms with Crippen molar-refractivity contribution in [2.24, 2.45) is 34.5 Å². The molecular formula is C25H36O5. The number of hydrogen-bond donors (Lipinski definition) is 2. The van der Waals surface area contributed by atoms with Gasteiger partial charge in [0, 0.05) is 12.0 Å². The Balaban J connectivity index is 1.55. The van der Waals surface area contributed by atoms with E-state index in [0.717, 1.165) is 57.4 Å². The largest absolute Gasteiger partial charge is 0.502 e. The van der Waals surface area contributed by atoms with E-state index in [0.29, 0.717) is 17.8 Å². The van der Waals surface area contributed by atoms with Gasteiger partial charge in [-0.05, 0) is 86.9 Å². The maximum atomic E-state index is 13.0. The van der Waals surface area contributed by atoms with Gasteiger partial charge in [0.2, 0.25) is 5.76 Å². The number of esters is 1. The first-order valence-corrected chi connectivity index (χ1v) is 11.7. The van der Waals surface area contributed by atoms with Crippen molar-refractivity contribution in [1.82, 2.24) is 0 Å². The second-order valence-electron chi connectivity index (χ2n) is 10.5. The van der Waals surface area contributed by atoms with Crippen molar-refractivity contribution in [2.75, 3.05) is 6.61 Å². The molecule has 0 bridgehead atoms. The van der Waals surface area contributed by atoms with Crippen LogP contribution in [0.5, 0.6) is 0 Å². The lowest BCUT2D eigenvalue weighted by atomic mass is 9.47. The third-order valence-corrected chi connectivity index (χ3v) is 9.18. The van der Waals surface area contributed by atoms with E-state index in [-0.39, 0.29) is 35.2 Å². The van der Waals surface area contributed by atoms with Crippen LogP contribution in [0, 0.1) is 34.5 Å². The molecule has 4 rings (SSSR count). The Morgan fingerprint density at radius 3 is 2.67 bits per heavy atom. The molecule has 0 aliphatic heterocycles. The minimum atomic E-state index is -0.827. The molecule has 0 aromatic heterocycles. The molecule has 4 aliphatic rings. The number of rotatable bonds is 4. The lowest BCUT2D eigenvalue weighted by molar-refractivity contribution is -0.142. The Bertz CT molecular complexity index is 782. The van der Waals surface area contributed by atoms with Gasteiger partial charge in [-0.15, -0.1) is 0 Å². The zero-order chi connectivity index (χ0) is 21.7. The number of allylic oxidation sites excluding steroid dienone is 2. The molecule has 0 radical (unpaired) electrons. The Morgan fingerprint density at radius 2 is 1.93 bits per heavy atom. The van der Waals surface area contributed by atoms with E-state index >= 15 is 0 Å². The zero-order valence-electron chi connectivity index (χ0n) is 18.5. The zero-order valence-corrected chi connectivity index (χ0v) is 18.5. The van der Waals surface area contributed by atoms with Crippen LogP contribution >= 0.6 is 0 Å². The summed E-state index contributed by atoms with van der Waals surface area (Å²) in [6.45, 7) is 6.50. The van der Waals surface area contributed by atoms with Crippen LogP contribution in [0.3, 0.4) is 0 Å². The van der Waals surface area contributed by atoms with Crippen molar-refractivity contribution >= 4 is 11.8 Å². The standard InChI is InChI=1S/C25H36O5/c1-4-30-23(29)22(28)14-21(27)20-8-7-18-17-6-5-15-13-16(26)9-11-24(15,2)19(17)10-12-25(18,20)3/h5,14,16-20,26,28H,4,6-13H2,1-3H3/b22-14-/t16-,17-,18-,19-,20+,24-,25-/m0/s1. The van der Waals surface area contributed by atoms with Crippen LogP contribution in [0.25, 0.3) is 0 Å². The lowest BCUT2D eigenvalue weighted by Gasteiger charge is -2.57. The predicted molar refractivity (Wildman–Crippen MR) is 114 cm³/mol. The summed E-state index contributed by atoms with van der Waals surface area (Å²) in [5.41, 5.74) is 1.56. The fraction of sp³-hybridized carbons (Fsp3) is 0.760. The number of carbonyl (C=O) groups is 2. The molecule has 0 unspecified atom stereocenters. The van der Waals surface area contributed by atoms with Crippen molar-refractivity contribution in [3.05, 3.63) is 23.5 Å². The Labute approximate surface area is 179 Å². The number of ether oxygens (including phenoxy) is 1. The summed E-state index contributed by atoms with van der Waals surface area (Å²) >= 11 is 0. The van der Waals surface area contributed by atoms with E-state index in [1.165, 1.54) is 5.57 Å². The average Bonchev–Trinajstić information content (AvgIpc) is 3.06. The summed E-state index contributed by atoms with van der Waals surface area (Å²) in [6.07, 6.45) is 11.1. The summed E-state index contributed by atoms with van der Waals surface area (Å²) in [6, 6.07) is 0. The van der Waals surface area contributed by atoms with Crippen molar-refractivity contribution in [2.45, 2.75) is 78.2 Å². The first-order valence-electron chi connectivity index (χ1n) is 11.7. The SMILES string of the molecule is CCOC(=O)/C(O)=C/C(=O)[C@H]1CC[C@H]2[C@@H]3CC=C4C[C@@H](O)CC[C@]4(C)[C@H]3CC[C@]12C. The summed E-state index contributed by atoms with van der Waals surface area (Å²) in [7, 11) is 0. The molecule has 0 spiro atoms. The van der Waals surface area contributed by atoms with Crippen molar-refractivity contribution in [1.29, 1.82) is 0 Å². The molecule has 3 saturated carbocycles. The third-order valence-electron chi connectivity index (χ3n) is 9.18. The molecule has 166 valence electrons. The van der Waals surface area contributed by atoms with Crippen LogP contribution < -0.4 is 0 Å². The topological polar surface area (TPSA) is 83.8 Å². The molecule has 4 aliphatic carbocycles. The number of hydrogen-bond acceptors (Lipinski definition) is 5. The molecule has 0 heterocycles. The van der Waals surface area contributed by atoms with Crippen LogP contribution in [0.1, 0.15) is 72.1 Å². The monoisotopic (exact) mass is 416 g/mol. The van der Waals surface area contributed by atoms with Gasteiger partial charge >= 0.3 is 5.97 Å². The highest BCUT2D eigenvalue weighted by Crippen LogP contribution is 2.66. The van der Waals surface area contributed by atoms with E-state index in [2.05, 4.69) is 19.9 Å². The second kappa shape index (κ2) is 7.81. The Morgan fingerprint density at radius 1 is 1.17 bits per heavy atom. The van der Waals surface area contributed by atoms with Crippen LogP contribution in [-0.2, 0) is 14.3 Å². The van der Waals surface area contributed by atoms with E-state index in [9.17, 15) is 19.8 Å². The fourth-order valence-electron chi connectivity index (χ4n) is 7.61. The molecule has 3 fully saturated rings. The van der Waals surface area contributed by atoms with E-state index < -0.39 is 11.7 Å². The van der Waals surface area contributed by atoms with Crippen molar-refractivity contribution < 1.29 is 24.5 Å². The van der Waals surface area contributed by atoms with Gasteiger partial charge in [-0.2, -0.15) is 0 Å². The lowest BCUT2D eigenvalue weighted by Crippen LogP contribution is -2.51. The van der Waals surface area contributed by atoms with Gasteiger partial charge in [0.1, 0.15) is 0 Å². The van der Waals surface area contributed by atoms with Crippen LogP contribution in [0.15, 0.2) is 23.5 Å². The maximum Gasteiger partial charge on any atom is 0.373 e. The normalized spacial score (nSPS) is 43.1. The van der Waals surface area contributed by atoms with Gasteiger partial charge in [-0.25, -0.2) is 4.79 Å². The van der Waals surface area contributed by atoms with Crippen molar-refractivity contribution in [3.63, 3.8) is 0 Å². The summed E-state index contributed by atoms with van der Waals surface area (Å²) in [4.78, 5) is 24.7. The summed E-state index contributed by atoms with van der Waals surface area (Å²) in [5.74, 6) is 0.000500. The van der Waals surface area contributed by atoms with Crippen molar-refractivity contribution in [3.8, 4) is 0 Å². The molecule has 5 nitrogen and oxygen atoms in total. The first-order chi connectivity index (χ1) is 14.2. The highest BCUT2D eigenvalue weighted by atomic mass is 16.5. The molecular weight excluding hydrogens is 380 g/mol. The first kappa shape index (κ1) is 21.6. The minimum absolute atomic E-state index is 0.0838. The molecule has 0 saturated heterocycles. The second-order valence-corrected chi connectivity index (χ2v) is 10.5. The number of ketones is 1. The van der Waals surface area contributed by atoms with Crippen LogP contribution in [-0.4, -0.2) is 34.7 Å². The van der Waals surface area contributed by atoms with Crippen LogP contribution in [0.4, 0.5) is 0 Å². The van der Waals surface area contributed by atoms with Gasteiger partial charge < -0.3 is 14.9 Å². The average molecular weight is 417 g/mol. The minimum Gasteiger partial charge on any atom is -0.502 e. The number of aliphatic hydroxyl groups excluding tert-OH is 2. The predicted octanol–water partition coefficient (Wildman–Crippen LogP) is 4.50. The Kier molecular flexibility index (Phi) is 5.63. The number of fused-ring (bicyclic) bond motifs is 5. The molecule has 0 aromatic rings. The van der Waals surface area contributed by atoms with E-state index in [4.69, 9.17) is 4.74 Å². The highest BCUT2D eigenvalue weighted by molar-refractivity contribution is 5.99. The molecule has 0 amide bonds. The Hall–Kier alpha value is -1.62. The molecule has 5 heteroatoms. The van der Waals surface area contributed by atoms with Gasteiger partial charge in [-0.1, -0.05) is 25.5 Å².